The molecule has 113 valence electrons. The molecular weight excluding hydrogens is 269 g/mol. The van der Waals surface area contributed by atoms with Crippen molar-refractivity contribution in [2.45, 2.75) is 64.4 Å². The second-order valence-corrected chi connectivity index (χ2v) is 8.19. The van der Waals surface area contributed by atoms with Gasteiger partial charge >= 0.3 is 7.60 Å². The van der Waals surface area contributed by atoms with Gasteiger partial charge in [0.05, 0.1) is 19.3 Å². The first-order valence-electron chi connectivity index (χ1n) is 6.67. The van der Waals surface area contributed by atoms with Crippen molar-refractivity contribution >= 4 is 7.60 Å². The highest BCUT2D eigenvalue weighted by atomic mass is 31.2. The summed E-state index contributed by atoms with van der Waals surface area (Å²) in [6.07, 6.45) is -0.277. The van der Waals surface area contributed by atoms with Gasteiger partial charge in [0.15, 0.2) is 5.28 Å². The van der Waals surface area contributed by atoms with Crippen LogP contribution in [0.15, 0.2) is 0 Å². The monoisotopic (exact) mass is 294 g/mol. The predicted molar refractivity (Wildman–Crippen MR) is 71.1 cm³/mol. The zero-order valence-electron chi connectivity index (χ0n) is 12.4. The molecule has 1 radical (unpaired) electrons. The minimum Gasteiger partial charge on any atom is -0.393 e. The van der Waals surface area contributed by atoms with Gasteiger partial charge in [0.25, 0.3) is 0 Å². The molecule has 2 atom stereocenters. The Labute approximate surface area is 115 Å². The third-order valence-corrected chi connectivity index (χ3v) is 6.27. The summed E-state index contributed by atoms with van der Waals surface area (Å²) in [6, 6.07) is 0. The third kappa shape index (κ3) is 3.04. The Bertz CT molecular complexity index is 352. The molecule has 0 saturated carbocycles. The summed E-state index contributed by atoms with van der Waals surface area (Å²) in [5.74, 6) is 0. The van der Waals surface area contributed by atoms with Gasteiger partial charge in [-0.25, -0.2) is 0 Å². The molecule has 1 heterocycles. The minimum absolute atomic E-state index is 0.0806. The molecule has 1 fully saturated rings. The molecule has 0 spiro atoms. The lowest BCUT2D eigenvalue weighted by Crippen LogP contribution is -2.60. The molecule has 1 rings (SSSR count). The molecule has 7 heteroatoms. The molecule has 6 nitrogen and oxygen atoms in total. The topological polar surface area (TPSA) is 78.9 Å². The molecule has 19 heavy (non-hydrogen) atoms. The van der Waals surface area contributed by atoms with Gasteiger partial charge in [-0.2, -0.15) is 0 Å². The standard InChI is InChI=1S/C12H25NO5P/c1-6-17-19(16,18-7-2)12(5)9-10(14)8-11(3,4)13(12)15/h10,14H,6-9H2,1-5H3/t10-,12+/m0/s1. The Morgan fingerprint density at radius 2 is 1.68 bits per heavy atom. The number of aliphatic hydroxyl groups is 1. The molecule has 0 aromatic carbocycles. The van der Waals surface area contributed by atoms with Crippen molar-refractivity contribution in [2.24, 2.45) is 0 Å². The second kappa shape index (κ2) is 5.80. The largest absolute Gasteiger partial charge is 0.393 e. The van der Waals surface area contributed by atoms with E-state index in [9.17, 15) is 14.9 Å². The maximum Gasteiger partial charge on any atom is 0.353 e. The first-order valence-corrected chi connectivity index (χ1v) is 8.22. The number of piperidine rings is 1. The number of aliphatic hydroxyl groups excluding tert-OH is 1. The Morgan fingerprint density at radius 3 is 2.11 bits per heavy atom. The van der Waals surface area contributed by atoms with Gasteiger partial charge in [-0.1, -0.05) is 0 Å². The summed E-state index contributed by atoms with van der Waals surface area (Å²) in [7, 11) is -3.63. The smallest absolute Gasteiger partial charge is 0.353 e. The summed E-state index contributed by atoms with van der Waals surface area (Å²) in [4.78, 5) is 0. The summed E-state index contributed by atoms with van der Waals surface area (Å²) in [5, 5.41) is 22.0. The minimum atomic E-state index is -3.63. The fraction of sp³-hybridized carbons (Fsp3) is 1.00. The first kappa shape index (κ1) is 17.1. The van der Waals surface area contributed by atoms with E-state index in [1.165, 1.54) is 0 Å². The van der Waals surface area contributed by atoms with Crippen LogP contribution >= 0.6 is 7.60 Å². The Hall–Kier alpha value is 0.0300. The first-order chi connectivity index (χ1) is 8.63. The highest BCUT2D eigenvalue weighted by Gasteiger charge is 2.60. The molecule has 0 amide bonds. The van der Waals surface area contributed by atoms with E-state index >= 15 is 0 Å². The SMILES string of the molecule is CCOP(=O)(OCC)[C@]1(C)C[C@@H](O)CC(C)(C)N1[O]. The number of hydrogen-bond donors (Lipinski definition) is 1. The highest BCUT2D eigenvalue weighted by molar-refractivity contribution is 7.55. The van der Waals surface area contributed by atoms with Crippen LogP contribution in [0.1, 0.15) is 47.5 Å². The van der Waals surface area contributed by atoms with Gasteiger partial charge in [-0.05, 0) is 41.0 Å². The summed E-state index contributed by atoms with van der Waals surface area (Å²) in [5.41, 5.74) is -0.809. The molecule has 1 N–H and O–H groups in total. The van der Waals surface area contributed by atoms with Crippen LogP contribution in [0.3, 0.4) is 0 Å². The molecule has 0 aliphatic carbocycles. The van der Waals surface area contributed by atoms with Crippen molar-refractivity contribution < 1.29 is 23.9 Å². The summed E-state index contributed by atoms with van der Waals surface area (Å²) in [6.45, 7) is 8.79. The van der Waals surface area contributed by atoms with Crippen molar-refractivity contribution in [1.29, 1.82) is 0 Å². The molecule has 1 aliphatic heterocycles. The lowest BCUT2D eigenvalue weighted by molar-refractivity contribution is -0.284. The Morgan fingerprint density at radius 1 is 1.21 bits per heavy atom. The van der Waals surface area contributed by atoms with E-state index in [4.69, 9.17) is 9.05 Å². The summed E-state index contributed by atoms with van der Waals surface area (Å²) >= 11 is 0. The zero-order valence-corrected chi connectivity index (χ0v) is 13.3. The van der Waals surface area contributed by atoms with Crippen LogP contribution in [-0.2, 0) is 18.8 Å². The number of nitrogens with zero attached hydrogens (tertiary/aromatic N) is 1. The molecule has 0 bridgehead atoms. The van der Waals surface area contributed by atoms with E-state index < -0.39 is 24.5 Å². The molecule has 1 aliphatic rings. The highest BCUT2D eigenvalue weighted by Crippen LogP contribution is 2.65. The van der Waals surface area contributed by atoms with Crippen molar-refractivity contribution in [3.8, 4) is 0 Å². The van der Waals surface area contributed by atoms with E-state index in [-0.39, 0.29) is 19.6 Å². The van der Waals surface area contributed by atoms with Crippen molar-refractivity contribution in [3.63, 3.8) is 0 Å². The Balaban J connectivity index is 3.20. The van der Waals surface area contributed by atoms with Crippen LogP contribution in [0.25, 0.3) is 0 Å². The van der Waals surface area contributed by atoms with E-state index in [1.54, 1.807) is 34.6 Å². The molecule has 1 saturated heterocycles. The fourth-order valence-electron chi connectivity index (χ4n) is 2.79. The summed E-state index contributed by atoms with van der Waals surface area (Å²) < 4.78 is 23.5. The van der Waals surface area contributed by atoms with Crippen molar-refractivity contribution in [3.05, 3.63) is 0 Å². The lowest BCUT2D eigenvalue weighted by Gasteiger charge is -2.51. The quantitative estimate of drug-likeness (QED) is 0.788. The van der Waals surface area contributed by atoms with Crippen LogP contribution in [0.2, 0.25) is 0 Å². The van der Waals surface area contributed by atoms with E-state index in [0.29, 0.717) is 6.42 Å². The van der Waals surface area contributed by atoms with Crippen LogP contribution < -0.4 is 0 Å². The third-order valence-electron chi connectivity index (χ3n) is 3.53. The van der Waals surface area contributed by atoms with Gasteiger partial charge in [0.2, 0.25) is 0 Å². The average molecular weight is 294 g/mol. The average Bonchev–Trinajstić information content (AvgIpc) is 2.25. The number of hydrogen-bond acceptors (Lipinski definition) is 5. The lowest BCUT2D eigenvalue weighted by atomic mass is 9.86. The van der Waals surface area contributed by atoms with Crippen LogP contribution in [-0.4, -0.2) is 40.3 Å². The van der Waals surface area contributed by atoms with Gasteiger partial charge in [0.1, 0.15) is 0 Å². The predicted octanol–water partition coefficient (Wildman–Crippen LogP) is 2.55. The van der Waals surface area contributed by atoms with Crippen molar-refractivity contribution in [2.75, 3.05) is 13.2 Å². The zero-order chi connectivity index (χ0) is 14.9. The second-order valence-electron chi connectivity index (χ2n) is 5.72. The number of rotatable bonds is 5. The van der Waals surface area contributed by atoms with Crippen molar-refractivity contribution in [1.82, 2.24) is 5.06 Å². The fourth-order valence-corrected chi connectivity index (χ4v) is 5.03. The van der Waals surface area contributed by atoms with Crippen LogP contribution in [0, 0.1) is 0 Å². The van der Waals surface area contributed by atoms with Crippen LogP contribution in [0.4, 0.5) is 0 Å². The Kier molecular flexibility index (Phi) is 5.21. The maximum absolute atomic E-state index is 12.9. The van der Waals surface area contributed by atoms with E-state index in [2.05, 4.69) is 0 Å². The van der Waals surface area contributed by atoms with Gasteiger partial charge < -0.3 is 14.2 Å². The van der Waals surface area contributed by atoms with Gasteiger partial charge in [-0.15, -0.1) is 10.3 Å². The molecule has 0 unspecified atom stereocenters. The number of hydroxylamine groups is 2. The normalized spacial score (nSPS) is 32.5. The molecule has 0 aromatic heterocycles. The molecular formula is C12H25NO5P. The van der Waals surface area contributed by atoms with Gasteiger partial charge in [-0.3, -0.25) is 4.57 Å². The maximum atomic E-state index is 12.9. The van der Waals surface area contributed by atoms with Crippen LogP contribution in [0.5, 0.6) is 0 Å². The molecule has 0 aromatic rings. The van der Waals surface area contributed by atoms with Gasteiger partial charge in [0, 0.05) is 12.0 Å². The van der Waals surface area contributed by atoms with E-state index in [1.807, 2.05) is 0 Å². The van der Waals surface area contributed by atoms with E-state index in [0.717, 1.165) is 5.06 Å².